The predicted molar refractivity (Wildman–Crippen MR) is 48.7 cm³/mol. The van der Waals surface area contributed by atoms with E-state index in [1.54, 1.807) is 0 Å². The van der Waals surface area contributed by atoms with Crippen LogP contribution in [-0.2, 0) is 9.53 Å². The first-order valence-electron chi connectivity index (χ1n) is 4.45. The third kappa shape index (κ3) is 3.72. The van der Waals surface area contributed by atoms with Crippen LogP contribution in [0.1, 0.15) is 34.1 Å². The van der Waals surface area contributed by atoms with Crippen molar-refractivity contribution in [1.29, 1.82) is 0 Å². The second-order valence-electron chi connectivity index (χ2n) is 3.43. The minimum absolute atomic E-state index is 0.0256. The molecule has 1 unspecified atom stereocenters. The summed E-state index contributed by atoms with van der Waals surface area (Å²) >= 11 is 0. The molecular formula is C9H19NO2. The molecule has 2 N–H and O–H groups in total. The third-order valence-electron chi connectivity index (χ3n) is 1.88. The fourth-order valence-corrected chi connectivity index (χ4v) is 0.632. The van der Waals surface area contributed by atoms with E-state index in [-0.39, 0.29) is 18.0 Å². The van der Waals surface area contributed by atoms with Gasteiger partial charge in [0, 0.05) is 0 Å². The topological polar surface area (TPSA) is 52.3 Å². The summed E-state index contributed by atoms with van der Waals surface area (Å²) in [6.07, 6.45) is 0.804. The number of esters is 1. The Morgan fingerprint density at radius 1 is 1.42 bits per heavy atom. The SMILES string of the molecule is CCC(C)OC(=O)[C@@H](N)C(C)C. The highest BCUT2D eigenvalue weighted by molar-refractivity contribution is 5.75. The maximum Gasteiger partial charge on any atom is 0.323 e. The fourth-order valence-electron chi connectivity index (χ4n) is 0.632. The Balaban J connectivity index is 3.87. The van der Waals surface area contributed by atoms with E-state index >= 15 is 0 Å². The Bertz CT molecular complexity index is 145. The van der Waals surface area contributed by atoms with Gasteiger partial charge in [-0.25, -0.2) is 0 Å². The van der Waals surface area contributed by atoms with Gasteiger partial charge in [0.15, 0.2) is 0 Å². The molecule has 0 aromatic heterocycles. The Labute approximate surface area is 74.3 Å². The average molecular weight is 173 g/mol. The normalized spacial score (nSPS) is 15.8. The van der Waals surface area contributed by atoms with Gasteiger partial charge < -0.3 is 10.5 Å². The van der Waals surface area contributed by atoms with E-state index in [4.69, 9.17) is 10.5 Å². The van der Waals surface area contributed by atoms with Gasteiger partial charge in [0.25, 0.3) is 0 Å². The van der Waals surface area contributed by atoms with Crippen molar-refractivity contribution in [1.82, 2.24) is 0 Å². The van der Waals surface area contributed by atoms with E-state index < -0.39 is 6.04 Å². The number of carbonyl (C=O) groups excluding carboxylic acids is 1. The van der Waals surface area contributed by atoms with Crippen molar-refractivity contribution in [3.63, 3.8) is 0 Å². The number of hydrogen-bond donors (Lipinski definition) is 1. The quantitative estimate of drug-likeness (QED) is 0.652. The van der Waals surface area contributed by atoms with Crippen LogP contribution in [0, 0.1) is 5.92 Å². The third-order valence-corrected chi connectivity index (χ3v) is 1.88. The largest absolute Gasteiger partial charge is 0.462 e. The monoisotopic (exact) mass is 173 g/mol. The number of ether oxygens (including phenoxy) is 1. The second kappa shape index (κ2) is 5.14. The number of rotatable bonds is 4. The molecule has 0 radical (unpaired) electrons. The number of carbonyl (C=O) groups is 1. The van der Waals surface area contributed by atoms with Crippen LogP contribution in [0.5, 0.6) is 0 Å². The molecule has 0 heterocycles. The van der Waals surface area contributed by atoms with Gasteiger partial charge in [0.05, 0.1) is 6.10 Å². The van der Waals surface area contributed by atoms with E-state index in [1.165, 1.54) is 0 Å². The maximum atomic E-state index is 11.2. The maximum absolute atomic E-state index is 11.2. The molecular weight excluding hydrogens is 154 g/mol. The lowest BCUT2D eigenvalue weighted by molar-refractivity contribution is -0.151. The van der Waals surface area contributed by atoms with Crippen LogP contribution in [-0.4, -0.2) is 18.1 Å². The summed E-state index contributed by atoms with van der Waals surface area (Å²) in [6.45, 7) is 7.65. The minimum atomic E-state index is -0.487. The van der Waals surface area contributed by atoms with Gasteiger partial charge in [-0.2, -0.15) is 0 Å². The molecule has 0 aliphatic rings. The molecule has 0 spiro atoms. The highest BCUT2D eigenvalue weighted by Crippen LogP contribution is 2.04. The van der Waals surface area contributed by atoms with Crippen LogP contribution in [0.25, 0.3) is 0 Å². The molecule has 0 bridgehead atoms. The molecule has 0 rings (SSSR count). The average Bonchev–Trinajstić information content (AvgIpc) is 2.02. The van der Waals surface area contributed by atoms with Crippen LogP contribution >= 0.6 is 0 Å². The molecule has 0 aromatic rings. The van der Waals surface area contributed by atoms with Crippen molar-refractivity contribution in [2.45, 2.75) is 46.3 Å². The Kier molecular flexibility index (Phi) is 4.90. The van der Waals surface area contributed by atoms with E-state index in [2.05, 4.69) is 0 Å². The van der Waals surface area contributed by atoms with E-state index in [1.807, 2.05) is 27.7 Å². The molecule has 0 aromatic carbocycles. The van der Waals surface area contributed by atoms with Gasteiger partial charge in [-0.15, -0.1) is 0 Å². The van der Waals surface area contributed by atoms with Gasteiger partial charge in [-0.3, -0.25) is 4.79 Å². The van der Waals surface area contributed by atoms with Crippen LogP contribution in [0.2, 0.25) is 0 Å². The summed E-state index contributed by atoms with van der Waals surface area (Å²) in [5.41, 5.74) is 5.59. The summed E-state index contributed by atoms with van der Waals surface area (Å²) in [5.74, 6) is -0.152. The van der Waals surface area contributed by atoms with E-state index in [0.717, 1.165) is 6.42 Å². The molecule has 3 heteroatoms. The first kappa shape index (κ1) is 11.4. The summed E-state index contributed by atoms with van der Waals surface area (Å²) in [6, 6.07) is -0.487. The van der Waals surface area contributed by atoms with Gasteiger partial charge in [-0.1, -0.05) is 20.8 Å². The smallest absolute Gasteiger partial charge is 0.323 e. The van der Waals surface area contributed by atoms with Crippen LogP contribution in [0.3, 0.4) is 0 Å². The molecule has 12 heavy (non-hydrogen) atoms. The molecule has 0 aliphatic heterocycles. The van der Waals surface area contributed by atoms with Crippen molar-refractivity contribution < 1.29 is 9.53 Å². The standard InChI is InChI=1S/C9H19NO2/c1-5-7(4)12-9(11)8(10)6(2)3/h6-8H,5,10H2,1-4H3/t7?,8-/m0/s1. The highest BCUT2D eigenvalue weighted by atomic mass is 16.5. The first-order chi connectivity index (χ1) is 5.49. The summed E-state index contributed by atoms with van der Waals surface area (Å²) < 4.78 is 5.06. The van der Waals surface area contributed by atoms with Crippen LogP contribution in [0.4, 0.5) is 0 Å². The van der Waals surface area contributed by atoms with Crippen LogP contribution < -0.4 is 5.73 Å². The predicted octanol–water partition coefficient (Wildman–Crippen LogP) is 1.31. The molecule has 2 atom stereocenters. The van der Waals surface area contributed by atoms with Gasteiger partial charge in [-0.05, 0) is 19.3 Å². The summed E-state index contributed by atoms with van der Waals surface area (Å²) in [5, 5.41) is 0. The zero-order valence-electron chi connectivity index (χ0n) is 8.33. The lowest BCUT2D eigenvalue weighted by Gasteiger charge is -2.17. The lowest BCUT2D eigenvalue weighted by atomic mass is 10.1. The Morgan fingerprint density at radius 3 is 2.25 bits per heavy atom. The molecule has 3 nitrogen and oxygen atoms in total. The minimum Gasteiger partial charge on any atom is -0.462 e. The van der Waals surface area contributed by atoms with Crippen molar-refractivity contribution in [3.05, 3.63) is 0 Å². The van der Waals surface area contributed by atoms with Gasteiger partial charge in [0.2, 0.25) is 0 Å². The Morgan fingerprint density at radius 2 is 1.92 bits per heavy atom. The molecule has 0 fully saturated rings. The molecule has 0 amide bonds. The molecule has 0 saturated heterocycles. The summed E-state index contributed by atoms with van der Waals surface area (Å²) in [7, 11) is 0. The number of hydrogen-bond acceptors (Lipinski definition) is 3. The van der Waals surface area contributed by atoms with Crippen molar-refractivity contribution in [2.24, 2.45) is 11.7 Å². The molecule has 72 valence electrons. The van der Waals surface area contributed by atoms with Crippen molar-refractivity contribution in [3.8, 4) is 0 Å². The summed E-state index contributed by atoms with van der Waals surface area (Å²) in [4.78, 5) is 11.2. The van der Waals surface area contributed by atoms with Crippen molar-refractivity contribution >= 4 is 5.97 Å². The highest BCUT2D eigenvalue weighted by Gasteiger charge is 2.19. The lowest BCUT2D eigenvalue weighted by Crippen LogP contribution is -2.38. The Hall–Kier alpha value is -0.570. The van der Waals surface area contributed by atoms with Gasteiger partial charge >= 0.3 is 5.97 Å². The molecule has 0 aliphatic carbocycles. The fraction of sp³-hybridized carbons (Fsp3) is 0.889. The van der Waals surface area contributed by atoms with Gasteiger partial charge in [0.1, 0.15) is 6.04 Å². The van der Waals surface area contributed by atoms with E-state index in [0.29, 0.717) is 0 Å². The van der Waals surface area contributed by atoms with E-state index in [9.17, 15) is 4.79 Å². The molecule has 0 saturated carbocycles. The zero-order valence-corrected chi connectivity index (χ0v) is 8.33. The number of nitrogens with two attached hydrogens (primary N) is 1. The first-order valence-corrected chi connectivity index (χ1v) is 4.45. The second-order valence-corrected chi connectivity index (χ2v) is 3.43. The van der Waals surface area contributed by atoms with Crippen molar-refractivity contribution in [2.75, 3.05) is 0 Å². The van der Waals surface area contributed by atoms with Crippen LogP contribution in [0.15, 0.2) is 0 Å². The zero-order chi connectivity index (χ0) is 9.72.